The molecule has 0 amide bonds. The van der Waals surface area contributed by atoms with Gasteiger partial charge in [0.25, 0.3) is 0 Å². The fourth-order valence-corrected chi connectivity index (χ4v) is 3.98. The molecule has 2 nitrogen and oxygen atoms in total. The first-order valence-corrected chi connectivity index (χ1v) is 8.08. The number of allylic oxidation sites excluding steroid dienone is 2. The van der Waals surface area contributed by atoms with Crippen LogP contribution >= 0.6 is 7.37 Å². The highest BCUT2D eigenvalue weighted by Gasteiger charge is 2.24. The van der Waals surface area contributed by atoms with Crippen LogP contribution in [0.2, 0.25) is 0 Å². The Hall–Kier alpha value is -0.850. The van der Waals surface area contributed by atoms with E-state index in [1.54, 1.807) is 0 Å². The first-order valence-electron chi connectivity index (χ1n) is 6.24. The van der Waals surface area contributed by atoms with Crippen LogP contribution < -0.4 is 0 Å². The van der Waals surface area contributed by atoms with Gasteiger partial charge in [0.2, 0.25) is 7.37 Å². The Morgan fingerprint density at radius 2 is 1.94 bits per heavy atom. The summed E-state index contributed by atoms with van der Waals surface area (Å²) in [6, 6.07) is 9.92. The maximum atomic E-state index is 12.2. The standard InChI is InChI=1S/C14H19O2P/c15-17(16,14-9-5-2-6-10-14)12-11-13-7-3-1-4-8-13/h1,3-4,7-9H,2,5-6,10-12H2,(H,15,16). The van der Waals surface area contributed by atoms with Crippen molar-refractivity contribution in [3.63, 3.8) is 0 Å². The van der Waals surface area contributed by atoms with Gasteiger partial charge in [0.15, 0.2) is 0 Å². The van der Waals surface area contributed by atoms with Crippen molar-refractivity contribution in [1.82, 2.24) is 0 Å². The van der Waals surface area contributed by atoms with Crippen LogP contribution in [0, 0.1) is 0 Å². The summed E-state index contributed by atoms with van der Waals surface area (Å²) < 4.78 is 12.2. The topological polar surface area (TPSA) is 37.3 Å². The predicted molar refractivity (Wildman–Crippen MR) is 71.4 cm³/mol. The molecular formula is C14H19O2P. The molecule has 1 aromatic rings. The van der Waals surface area contributed by atoms with E-state index in [-0.39, 0.29) is 0 Å². The van der Waals surface area contributed by atoms with Crippen molar-refractivity contribution in [3.05, 3.63) is 47.3 Å². The van der Waals surface area contributed by atoms with Gasteiger partial charge in [0, 0.05) is 11.5 Å². The van der Waals surface area contributed by atoms with E-state index < -0.39 is 7.37 Å². The van der Waals surface area contributed by atoms with Crippen LogP contribution in [0.15, 0.2) is 41.7 Å². The van der Waals surface area contributed by atoms with Crippen LogP contribution in [0.3, 0.4) is 0 Å². The lowest BCUT2D eigenvalue weighted by molar-refractivity contribution is 0.480. The highest BCUT2D eigenvalue weighted by Crippen LogP contribution is 2.53. The molecule has 1 aromatic carbocycles. The average molecular weight is 250 g/mol. The smallest absolute Gasteiger partial charge is 0.225 e. The highest BCUT2D eigenvalue weighted by molar-refractivity contribution is 7.62. The fourth-order valence-electron chi connectivity index (χ4n) is 2.21. The first kappa shape index (κ1) is 12.6. The van der Waals surface area contributed by atoms with Gasteiger partial charge in [0.1, 0.15) is 0 Å². The van der Waals surface area contributed by atoms with Gasteiger partial charge in [-0.25, -0.2) is 0 Å². The van der Waals surface area contributed by atoms with E-state index in [4.69, 9.17) is 0 Å². The SMILES string of the molecule is O=P(O)(CCc1ccccc1)C1=CCCCC1. The molecule has 0 radical (unpaired) electrons. The van der Waals surface area contributed by atoms with Gasteiger partial charge in [-0.2, -0.15) is 0 Å². The van der Waals surface area contributed by atoms with Crippen LogP contribution in [-0.4, -0.2) is 11.1 Å². The zero-order valence-corrected chi connectivity index (χ0v) is 10.9. The van der Waals surface area contributed by atoms with Crippen LogP contribution in [0.5, 0.6) is 0 Å². The van der Waals surface area contributed by atoms with E-state index >= 15 is 0 Å². The summed E-state index contributed by atoms with van der Waals surface area (Å²) in [4.78, 5) is 10.1. The molecule has 0 fully saturated rings. The van der Waals surface area contributed by atoms with Gasteiger partial charge in [-0.05, 0) is 37.7 Å². The van der Waals surface area contributed by atoms with E-state index in [1.165, 1.54) is 0 Å². The summed E-state index contributed by atoms with van der Waals surface area (Å²) in [5, 5.41) is 0.805. The molecule has 1 aliphatic carbocycles. The lowest BCUT2D eigenvalue weighted by Gasteiger charge is -2.18. The molecule has 1 unspecified atom stereocenters. The Balaban J connectivity index is 1.98. The van der Waals surface area contributed by atoms with Crippen molar-refractivity contribution < 1.29 is 9.46 Å². The number of benzene rings is 1. The molecule has 17 heavy (non-hydrogen) atoms. The maximum absolute atomic E-state index is 12.2. The number of hydrogen-bond acceptors (Lipinski definition) is 1. The second kappa shape index (κ2) is 5.66. The molecule has 0 saturated heterocycles. The minimum atomic E-state index is -3.07. The lowest BCUT2D eigenvalue weighted by Crippen LogP contribution is -2.00. The minimum Gasteiger partial charge on any atom is -0.341 e. The summed E-state index contributed by atoms with van der Waals surface area (Å²) in [6.45, 7) is 0. The molecule has 0 aliphatic heterocycles. The van der Waals surface area contributed by atoms with Crippen molar-refractivity contribution >= 4 is 7.37 Å². The van der Waals surface area contributed by atoms with E-state index in [2.05, 4.69) is 0 Å². The summed E-state index contributed by atoms with van der Waals surface area (Å²) >= 11 is 0. The van der Waals surface area contributed by atoms with Crippen molar-refractivity contribution in [1.29, 1.82) is 0 Å². The van der Waals surface area contributed by atoms with Gasteiger partial charge in [-0.3, -0.25) is 4.57 Å². The molecule has 0 saturated carbocycles. The van der Waals surface area contributed by atoms with Crippen molar-refractivity contribution in [2.75, 3.05) is 6.16 Å². The molecule has 92 valence electrons. The highest BCUT2D eigenvalue weighted by atomic mass is 31.2. The van der Waals surface area contributed by atoms with Gasteiger partial charge in [0.05, 0.1) is 0 Å². The molecule has 1 N–H and O–H groups in total. The fraction of sp³-hybridized carbons (Fsp3) is 0.429. The molecule has 0 spiro atoms. The number of rotatable bonds is 4. The van der Waals surface area contributed by atoms with Gasteiger partial charge in [-0.1, -0.05) is 36.4 Å². The number of aryl methyl sites for hydroxylation is 1. The zero-order chi connectivity index (χ0) is 12.1. The summed E-state index contributed by atoms with van der Waals surface area (Å²) in [6.07, 6.45) is 7.03. The monoisotopic (exact) mass is 250 g/mol. The molecular weight excluding hydrogens is 231 g/mol. The largest absolute Gasteiger partial charge is 0.341 e. The molecule has 1 atom stereocenters. The molecule has 0 heterocycles. The normalized spacial score (nSPS) is 19.5. The van der Waals surface area contributed by atoms with E-state index in [1.807, 2.05) is 36.4 Å². The van der Waals surface area contributed by atoms with E-state index in [0.29, 0.717) is 12.6 Å². The Morgan fingerprint density at radius 1 is 1.18 bits per heavy atom. The molecule has 3 heteroatoms. The summed E-state index contributed by atoms with van der Waals surface area (Å²) in [5.74, 6) is 0. The lowest BCUT2D eigenvalue weighted by atomic mass is 10.1. The second-order valence-electron chi connectivity index (χ2n) is 4.60. The van der Waals surface area contributed by atoms with Crippen molar-refractivity contribution in [3.8, 4) is 0 Å². The second-order valence-corrected chi connectivity index (χ2v) is 7.03. The van der Waals surface area contributed by atoms with Gasteiger partial charge in [-0.15, -0.1) is 0 Å². The van der Waals surface area contributed by atoms with Crippen molar-refractivity contribution in [2.24, 2.45) is 0 Å². The first-order chi connectivity index (χ1) is 8.18. The quantitative estimate of drug-likeness (QED) is 0.821. The number of hydrogen-bond donors (Lipinski definition) is 1. The Morgan fingerprint density at radius 3 is 2.59 bits per heavy atom. The van der Waals surface area contributed by atoms with E-state index in [9.17, 15) is 9.46 Å². The Labute approximate surface area is 103 Å². The third kappa shape index (κ3) is 3.55. The maximum Gasteiger partial charge on any atom is 0.225 e. The molecule has 1 aliphatic rings. The average Bonchev–Trinajstić information content (AvgIpc) is 2.39. The van der Waals surface area contributed by atoms with Gasteiger partial charge < -0.3 is 4.89 Å². The third-order valence-corrected chi connectivity index (χ3v) is 5.40. The van der Waals surface area contributed by atoms with Gasteiger partial charge >= 0.3 is 0 Å². The molecule has 2 rings (SSSR count). The third-order valence-electron chi connectivity index (χ3n) is 3.26. The Kier molecular flexibility index (Phi) is 4.20. The minimum absolute atomic E-state index is 0.378. The van der Waals surface area contributed by atoms with Crippen LogP contribution in [0.1, 0.15) is 31.2 Å². The Bertz CT molecular complexity index is 437. The van der Waals surface area contributed by atoms with Crippen LogP contribution in [0.4, 0.5) is 0 Å². The predicted octanol–water partition coefficient (Wildman–Crippen LogP) is 3.96. The van der Waals surface area contributed by atoms with Crippen molar-refractivity contribution in [2.45, 2.75) is 32.1 Å². The van der Waals surface area contributed by atoms with Crippen LogP contribution in [-0.2, 0) is 11.0 Å². The van der Waals surface area contributed by atoms with E-state index in [0.717, 1.165) is 36.6 Å². The molecule has 0 bridgehead atoms. The van der Waals surface area contributed by atoms with Crippen LogP contribution in [0.25, 0.3) is 0 Å². The summed E-state index contributed by atoms with van der Waals surface area (Å²) in [5.41, 5.74) is 1.14. The zero-order valence-electron chi connectivity index (χ0n) is 10.0. The summed E-state index contributed by atoms with van der Waals surface area (Å²) in [7, 11) is -3.07. The molecule has 0 aromatic heterocycles.